The number of rotatable bonds is 2. The van der Waals surface area contributed by atoms with Gasteiger partial charge in [-0.15, -0.1) is 0 Å². The molecule has 1 heterocycles. The lowest BCUT2D eigenvalue weighted by molar-refractivity contribution is -0.143. The van der Waals surface area contributed by atoms with Crippen LogP contribution in [-0.4, -0.2) is 35.1 Å². The Morgan fingerprint density at radius 2 is 2.13 bits per heavy atom. The highest BCUT2D eigenvalue weighted by atomic mass is 79.9. The molecule has 0 saturated carbocycles. The maximum Gasteiger partial charge on any atom is 0.317 e. The second-order valence-corrected chi connectivity index (χ2v) is 7.58. The zero-order valence-corrected chi connectivity index (χ0v) is 14.7. The number of carboxylic acid groups (broad SMARTS) is 1. The fourth-order valence-corrected chi connectivity index (χ4v) is 4.08. The molecule has 3 unspecified atom stereocenters. The van der Waals surface area contributed by atoms with Gasteiger partial charge in [0.2, 0.25) is 0 Å². The molecule has 1 aromatic carbocycles. The van der Waals surface area contributed by atoms with Gasteiger partial charge in [0.15, 0.2) is 0 Å². The first-order valence-corrected chi connectivity index (χ1v) is 8.80. The van der Waals surface area contributed by atoms with Crippen LogP contribution in [-0.2, 0) is 11.2 Å². The summed E-state index contributed by atoms with van der Waals surface area (Å²) < 4.78 is 1.05. The number of benzene rings is 1. The molecule has 124 valence electrons. The number of hydrogen-bond donors (Lipinski definition) is 2. The molecule has 1 aromatic rings. The van der Waals surface area contributed by atoms with Crippen LogP contribution in [0.1, 0.15) is 36.9 Å². The maximum absolute atomic E-state index is 12.6. The largest absolute Gasteiger partial charge is 0.481 e. The number of likely N-dealkylation sites (tertiary alicyclic amines) is 1. The first-order valence-electron chi connectivity index (χ1n) is 8.00. The van der Waals surface area contributed by atoms with Gasteiger partial charge >= 0.3 is 12.0 Å². The zero-order valence-electron chi connectivity index (χ0n) is 13.1. The molecule has 3 atom stereocenters. The molecule has 1 saturated heterocycles. The van der Waals surface area contributed by atoms with Crippen molar-refractivity contribution in [1.29, 1.82) is 0 Å². The number of carbonyl (C=O) groups excluding carboxylic acids is 1. The van der Waals surface area contributed by atoms with Gasteiger partial charge in [0, 0.05) is 17.6 Å². The smallest absolute Gasteiger partial charge is 0.317 e. The molecule has 0 bridgehead atoms. The van der Waals surface area contributed by atoms with E-state index in [1.54, 1.807) is 4.90 Å². The van der Waals surface area contributed by atoms with Crippen LogP contribution in [0, 0.1) is 11.8 Å². The molecule has 23 heavy (non-hydrogen) atoms. The highest BCUT2D eigenvalue weighted by molar-refractivity contribution is 9.10. The molecule has 6 heteroatoms. The van der Waals surface area contributed by atoms with E-state index in [0.29, 0.717) is 19.5 Å². The Kier molecular flexibility index (Phi) is 4.62. The van der Waals surface area contributed by atoms with Gasteiger partial charge in [0.25, 0.3) is 0 Å². The first-order chi connectivity index (χ1) is 10.9. The van der Waals surface area contributed by atoms with Gasteiger partial charge in [0.1, 0.15) is 0 Å². The molecule has 2 N–H and O–H groups in total. The second kappa shape index (κ2) is 6.51. The number of nitrogens with zero attached hydrogens (tertiary/aromatic N) is 1. The normalized spacial score (nSPS) is 26.7. The van der Waals surface area contributed by atoms with Crippen LogP contribution in [0.4, 0.5) is 4.79 Å². The van der Waals surface area contributed by atoms with Crippen LogP contribution in [0.25, 0.3) is 0 Å². The fraction of sp³-hybridized carbons (Fsp3) is 0.529. The maximum atomic E-state index is 12.6. The molecule has 0 aromatic heterocycles. The van der Waals surface area contributed by atoms with Crippen molar-refractivity contribution in [2.75, 3.05) is 13.1 Å². The number of aliphatic carboxylic acids is 1. The summed E-state index contributed by atoms with van der Waals surface area (Å²) in [6.07, 6.45) is 2.48. The third kappa shape index (κ3) is 3.52. The minimum absolute atomic E-state index is 0.0195. The highest BCUT2D eigenvalue weighted by Gasteiger charge is 2.33. The number of amides is 2. The second-order valence-electron chi connectivity index (χ2n) is 6.66. The topological polar surface area (TPSA) is 69.6 Å². The number of urea groups is 1. The van der Waals surface area contributed by atoms with E-state index in [9.17, 15) is 14.7 Å². The zero-order chi connectivity index (χ0) is 16.6. The van der Waals surface area contributed by atoms with Crippen molar-refractivity contribution < 1.29 is 14.7 Å². The van der Waals surface area contributed by atoms with E-state index in [1.165, 1.54) is 11.1 Å². The molecule has 1 aliphatic heterocycles. The lowest BCUT2D eigenvalue weighted by Gasteiger charge is -2.35. The Morgan fingerprint density at radius 1 is 1.35 bits per heavy atom. The van der Waals surface area contributed by atoms with Gasteiger partial charge < -0.3 is 15.3 Å². The van der Waals surface area contributed by atoms with Gasteiger partial charge in [-0.3, -0.25) is 4.79 Å². The van der Waals surface area contributed by atoms with Crippen molar-refractivity contribution in [3.63, 3.8) is 0 Å². The molecule has 5 nitrogen and oxygen atoms in total. The average Bonchev–Trinajstić information content (AvgIpc) is 2.88. The minimum Gasteiger partial charge on any atom is -0.481 e. The number of nitrogens with one attached hydrogen (secondary N) is 1. The summed E-state index contributed by atoms with van der Waals surface area (Å²) in [5, 5.41) is 12.3. The van der Waals surface area contributed by atoms with Gasteiger partial charge in [-0.1, -0.05) is 28.9 Å². The quantitative estimate of drug-likeness (QED) is 0.827. The van der Waals surface area contributed by atoms with Gasteiger partial charge in [-0.05, 0) is 48.4 Å². The fourth-order valence-electron chi connectivity index (χ4n) is 3.67. The number of halogens is 1. The third-order valence-corrected chi connectivity index (χ3v) is 5.27. The van der Waals surface area contributed by atoms with E-state index in [2.05, 4.69) is 33.4 Å². The number of hydrogen-bond acceptors (Lipinski definition) is 2. The Morgan fingerprint density at radius 3 is 2.87 bits per heavy atom. The Balaban J connectivity index is 1.67. The summed E-state index contributed by atoms with van der Waals surface area (Å²) in [6, 6.07) is 6.02. The highest BCUT2D eigenvalue weighted by Crippen LogP contribution is 2.33. The summed E-state index contributed by atoms with van der Waals surface area (Å²) in [5.74, 6) is -1.07. The minimum atomic E-state index is -0.814. The summed E-state index contributed by atoms with van der Waals surface area (Å²) >= 11 is 3.47. The van der Waals surface area contributed by atoms with E-state index < -0.39 is 11.9 Å². The molecule has 0 radical (unpaired) electrons. The summed E-state index contributed by atoms with van der Waals surface area (Å²) in [4.78, 5) is 25.5. The number of fused-ring (bicyclic) bond motifs is 1. The van der Waals surface area contributed by atoms with Crippen molar-refractivity contribution in [2.24, 2.45) is 11.8 Å². The number of piperidine rings is 1. The summed E-state index contributed by atoms with van der Waals surface area (Å²) in [5.41, 5.74) is 2.43. The van der Waals surface area contributed by atoms with Crippen LogP contribution >= 0.6 is 15.9 Å². The first kappa shape index (κ1) is 16.3. The monoisotopic (exact) mass is 380 g/mol. The van der Waals surface area contributed by atoms with E-state index in [4.69, 9.17) is 0 Å². The van der Waals surface area contributed by atoms with Crippen LogP contribution in [0.15, 0.2) is 22.7 Å². The van der Waals surface area contributed by atoms with Gasteiger partial charge in [0.05, 0.1) is 12.0 Å². The van der Waals surface area contributed by atoms with E-state index in [1.807, 2.05) is 13.0 Å². The molecule has 2 amide bonds. The van der Waals surface area contributed by atoms with Crippen LogP contribution in [0.2, 0.25) is 0 Å². The third-order valence-electron chi connectivity index (χ3n) is 4.78. The lowest BCUT2D eigenvalue weighted by atomic mass is 9.91. The van der Waals surface area contributed by atoms with Gasteiger partial charge in [-0.25, -0.2) is 4.79 Å². The Labute approximate surface area is 144 Å². The molecule has 1 aliphatic carbocycles. The number of carboxylic acids is 1. The van der Waals surface area contributed by atoms with Crippen molar-refractivity contribution in [1.82, 2.24) is 10.2 Å². The standard InChI is InChI=1S/C17H21BrN2O3/c1-10-6-12(16(21)22)9-20(8-10)17(23)19-15-5-2-11-7-13(18)3-4-14(11)15/h3-4,7,10,12,15H,2,5-6,8-9H2,1H3,(H,19,23)(H,21,22). The van der Waals surface area contributed by atoms with Crippen molar-refractivity contribution in [2.45, 2.75) is 32.2 Å². The van der Waals surface area contributed by atoms with Crippen molar-refractivity contribution in [3.05, 3.63) is 33.8 Å². The van der Waals surface area contributed by atoms with Gasteiger partial charge in [-0.2, -0.15) is 0 Å². The summed E-state index contributed by atoms with van der Waals surface area (Å²) in [6.45, 7) is 2.92. The number of carbonyl (C=O) groups is 2. The number of aryl methyl sites for hydroxylation is 1. The van der Waals surface area contributed by atoms with Crippen LogP contribution in [0.3, 0.4) is 0 Å². The van der Waals surface area contributed by atoms with E-state index >= 15 is 0 Å². The van der Waals surface area contributed by atoms with Crippen LogP contribution in [0.5, 0.6) is 0 Å². The molecule has 0 spiro atoms. The average molecular weight is 381 g/mol. The van der Waals surface area contributed by atoms with Crippen molar-refractivity contribution >= 4 is 27.9 Å². The Bertz CT molecular complexity index is 634. The Hall–Kier alpha value is -1.56. The van der Waals surface area contributed by atoms with E-state index in [0.717, 1.165) is 17.3 Å². The molecular formula is C17H21BrN2O3. The molecule has 2 aliphatic rings. The van der Waals surface area contributed by atoms with E-state index in [-0.39, 0.29) is 18.0 Å². The molecule has 1 fully saturated rings. The van der Waals surface area contributed by atoms with Crippen LogP contribution < -0.4 is 5.32 Å². The summed E-state index contributed by atoms with van der Waals surface area (Å²) in [7, 11) is 0. The predicted octanol–water partition coefficient (Wildman–Crippen LogP) is 3.19. The predicted molar refractivity (Wildman–Crippen MR) is 90.2 cm³/mol. The lowest BCUT2D eigenvalue weighted by Crippen LogP contribution is -2.50. The molecule has 3 rings (SSSR count). The molecular weight excluding hydrogens is 360 g/mol. The van der Waals surface area contributed by atoms with Crippen molar-refractivity contribution in [3.8, 4) is 0 Å². The SMILES string of the molecule is CC1CC(C(=O)O)CN(C(=O)NC2CCc3cc(Br)ccc32)C1.